The highest BCUT2D eigenvalue weighted by Crippen LogP contribution is 2.48. The monoisotopic (exact) mass is 396 g/mol. The summed E-state index contributed by atoms with van der Waals surface area (Å²) in [7, 11) is -11.8. The summed E-state index contributed by atoms with van der Waals surface area (Å²) in [6, 6.07) is 0. The van der Waals surface area contributed by atoms with Gasteiger partial charge in [-0.15, -0.1) is 0 Å². The number of carbonyl (C=O) groups is 1. The molecule has 1 heterocycles. The van der Waals surface area contributed by atoms with Crippen molar-refractivity contribution >= 4 is 26.2 Å². The van der Waals surface area contributed by atoms with E-state index in [-0.39, 0.29) is 0 Å². The molecule has 8 nitrogen and oxygen atoms in total. The summed E-state index contributed by atoms with van der Waals surface area (Å²) in [5, 5.41) is -9.21. The van der Waals surface area contributed by atoms with Gasteiger partial charge in [0.2, 0.25) is 0 Å². The van der Waals surface area contributed by atoms with E-state index < -0.39 is 61.8 Å². The van der Waals surface area contributed by atoms with Crippen LogP contribution in [-0.4, -0.2) is 56.5 Å². The molecule has 1 aliphatic heterocycles. The van der Waals surface area contributed by atoms with Gasteiger partial charge in [-0.25, -0.2) is 0 Å². The molecule has 0 aromatic heterocycles. The first-order chi connectivity index (χ1) is 9.97. The predicted molar refractivity (Wildman–Crippen MR) is 55.8 cm³/mol. The van der Waals surface area contributed by atoms with Crippen LogP contribution in [0.15, 0.2) is 0 Å². The molecular weight excluding hydrogens is 390 g/mol. The molecule has 0 aliphatic carbocycles. The van der Waals surface area contributed by atoms with E-state index in [1.807, 2.05) is 0 Å². The number of ether oxygens (including phenoxy) is 1. The standard InChI is InChI=1S/C7H6F6O8S2/c8-5(9,7(12,13)23(17,18)19)6(10,11)21-4(14)3-1-2-20-22(3,15)16/h3H,1-2H2,(H,17,18,19). The van der Waals surface area contributed by atoms with Gasteiger partial charge in [0.1, 0.15) is 0 Å². The number of hydrogen-bond donors (Lipinski definition) is 1. The van der Waals surface area contributed by atoms with Gasteiger partial charge in [0.05, 0.1) is 6.61 Å². The zero-order chi connectivity index (χ0) is 18.5. The van der Waals surface area contributed by atoms with E-state index in [1.54, 1.807) is 0 Å². The van der Waals surface area contributed by atoms with Gasteiger partial charge in [-0.1, -0.05) is 0 Å². The van der Waals surface area contributed by atoms with Crippen LogP contribution in [0.3, 0.4) is 0 Å². The Hall–Kier alpha value is -1.13. The minimum Gasteiger partial charge on any atom is -0.395 e. The summed E-state index contributed by atoms with van der Waals surface area (Å²) < 4.78 is 135. The molecule has 23 heavy (non-hydrogen) atoms. The summed E-state index contributed by atoms with van der Waals surface area (Å²) >= 11 is 0. The van der Waals surface area contributed by atoms with Crippen molar-refractivity contribution < 1.29 is 61.4 Å². The lowest BCUT2D eigenvalue weighted by atomic mass is 10.3. The van der Waals surface area contributed by atoms with E-state index in [4.69, 9.17) is 4.55 Å². The molecular formula is C7H6F6O8S2. The lowest BCUT2D eigenvalue weighted by Gasteiger charge is -2.29. The second-order valence-corrected chi connectivity index (χ2v) is 7.35. The lowest BCUT2D eigenvalue weighted by molar-refractivity contribution is -0.368. The summed E-state index contributed by atoms with van der Waals surface area (Å²) in [4.78, 5) is 11.1. The summed E-state index contributed by atoms with van der Waals surface area (Å²) in [5.74, 6) is -9.45. The van der Waals surface area contributed by atoms with Gasteiger partial charge in [0.15, 0.2) is 5.25 Å². The van der Waals surface area contributed by atoms with Crippen molar-refractivity contribution in [3.63, 3.8) is 0 Å². The molecule has 1 aliphatic rings. The third-order valence-electron chi connectivity index (χ3n) is 2.52. The molecule has 0 aromatic rings. The van der Waals surface area contributed by atoms with Gasteiger partial charge >= 0.3 is 33.4 Å². The van der Waals surface area contributed by atoms with Gasteiger partial charge in [-0.2, -0.15) is 43.2 Å². The molecule has 1 atom stereocenters. The normalized spacial score (nSPS) is 22.8. The molecule has 0 aromatic carbocycles. The quantitative estimate of drug-likeness (QED) is 0.306. The maximum Gasteiger partial charge on any atom is 0.474 e. The van der Waals surface area contributed by atoms with Crippen LogP contribution >= 0.6 is 0 Å². The van der Waals surface area contributed by atoms with Gasteiger partial charge in [0.25, 0.3) is 10.1 Å². The van der Waals surface area contributed by atoms with Crippen molar-refractivity contribution in [2.24, 2.45) is 0 Å². The summed E-state index contributed by atoms with van der Waals surface area (Å²) in [6.07, 6.45) is -7.24. The van der Waals surface area contributed by atoms with E-state index in [1.165, 1.54) is 0 Å². The molecule has 1 fully saturated rings. The second-order valence-electron chi connectivity index (χ2n) is 4.10. The summed E-state index contributed by atoms with van der Waals surface area (Å²) in [5.41, 5.74) is 0. The van der Waals surface area contributed by atoms with Crippen LogP contribution in [0.25, 0.3) is 0 Å². The Kier molecular flexibility index (Phi) is 4.72. The highest BCUT2D eigenvalue weighted by molar-refractivity contribution is 7.88. The van der Waals surface area contributed by atoms with Crippen LogP contribution in [0.2, 0.25) is 0 Å². The molecule has 1 unspecified atom stereocenters. The zero-order valence-corrected chi connectivity index (χ0v) is 12.0. The third kappa shape index (κ3) is 3.24. The van der Waals surface area contributed by atoms with Gasteiger partial charge < -0.3 is 4.74 Å². The van der Waals surface area contributed by atoms with Gasteiger partial charge in [0, 0.05) is 6.42 Å². The molecule has 1 rings (SSSR count). The topological polar surface area (TPSA) is 124 Å². The van der Waals surface area contributed by atoms with Crippen LogP contribution < -0.4 is 0 Å². The summed E-state index contributed by atoms with van der Waals surface area (Å²) in [6.45, 7) is -0.675. The van der Waals surface area contributed by atoms with E-state index in [0.29, 0.717) is 0 Å². The van der Waals surface area contributed by atoms with Crippen molar-refractivity contribution in [2.45, 2.75) is 29.0 Å². The van der Waals surface area contributed by atoms with Crippen LogP contribution in [0.1, 0.15) is 6.42 Å². The highest BCUT2D eigenvalue weighted by Gasteiger charge is 2.80. The number of esters is 1. The molecule has 0 radical (unpaired) electrons. The molecule has 0 spiro atoms. The van der Waals surface area contributed by atoms with E-state index >= 15 is 0 Å². The number of alkyl halides is 6. The van der Waals surface area contributed by atoms with E-state index in [0.717, 1.165) is 0 Å². The minimum atomic E-state index is -7.02. The second kappa shape index (κ2) is 5.45. The molecule has 0 amide bonds. The van der Waals surface area contributed by atoms with Crippen LogP contribution in [0, 0.1) is 0 Å². The fourth-order valence-corrected chi connectivity index (χ4v) is 2.93. The Morgan fingerprint density at radius 1 is 1.17 bits per heavy atom. The predicted octanol–water partition coefficient (Wildman–Crippen LogP) is 0.357. The van der Waals surface area contributed by atoms with Crippen molar-refractivity contribution in [1.29, 1.82) is 0 Å². The van der Waals surface area contributed by atoms with Gasteiger partial charge in [-0.05, 0) is 0 Å². The lowest BCUT2D eigenvalue weighted by Crippen LogP contribution is -2.59. The number of carbonyl (C=O) groups excluding carboxylic acids is 1. The van der Waals surface area contributed by atoms with Gasteiger partial charge in [-0.3, -0.25) is 13.5 Å². The average Bonchev–Trinajstić information content (AvgIpc) is 2.66. The maximum absolute atomic E-state index is 13.1. The molecule has 0 bridgehead atoms. The fraction of sp³-hybridized carbons (Fsp3) is 0.857. The first-order valence-electron chi connectivity index (χ1n) is 5.19. The van der Waals surface area contributed by atoms with Crippen molar-refractivity contribution in [2.75, 3.05) is 6.61 Å². The Morgan fingerprint density at radius 3 is 2.00 bits per heavy atom. The van der Waals surface area contributed by atoms with Crippen molar-refractivity contribution in [3.05, 3.63) is 0 Å². The SMILES string of the molecule is O=C(OC(F)(F)C(F)(F)C(F)(F)S(=O)(=O)O)C1CCOS1(=O)=O. The molecule has 0 saturated carbocycles. The molecule has 1 N–H and O–H groups in total. The Bertz CT molecular complexity index is 698. The number of halogens is 6. The molecule has 16 heteroatoms. The van der Waals surface area contributed by atoms with E-state index in [2.05, 4.69) is 8.92 Å². The largest absolute Gasteiger partial charge is 0.474 e. The fourth-order valence-electron chi connectivity index (χ4n) is 1.32. The Balaban J connectivity index is 3.14. The van der Waals surface area contributed by atoms with Crippen LogP contribution in [0.4, 0.5) is 26.3 Å². The Morgan fingerprint density at radius 2 is 1.65 bits per heavy atom. The van der Waals surface area contributed by atoms with Crippen molar-refractivity contribution in [3.8, 4) is 0 Å². The Labute approximate surface area is 124 Å². The first kappa shape index (κ1) is 19.9. The number of hydrogen-bond acceptors (Lipinski definition) is 7. The molecule has 1 saturated heterocycles. The van der Waals surface area contributed by atoms with Crippen molar-refractivity contribution in [1.82, 2.24) is 0 Å². The maximum atomic E-state index is 13.1. The number of rotatable bonds is 5. The smallest absolute Gasteiger partial charge is 0.395 e. The van der Waals surface area contributed by atoms with E-state index in [9.17, 15) is 48.0 Å². The van der Waals surface area contributed by atoms with Crippen LogP contribution in [0.5, 0.6) is 0 Å². The first-order valence-corrected chi connectivity index (χ1v) is 8.10. The zero-order valence-electron chi connectivity index (χ0n) is 10.4. The van der Waals surface area contributed by atoms with Crippen LogP contribution in [-0.2, 0) is 34.0 Å². The third-order valence-corrected chi connectivity index (χ3v) is 5.05. The average molecular weight is 396 g/mol. The highest BCUT2D eigenvalue weighted by atomic mass is 32.2. The molecule has 136 valence electrons. The minimum absolute atomic E-state index is 0.675.